The van der Waals surface area contributed by atoms with Crippen molar-refractivity contribution in [1.82, 2.24) is 0 Å². The number of rotatable bonds is 8. The Bertz CT molecular complexity index is 2200. The first kappa shape index (κ1) is 27.9. The van der Waals surface area contributed by atoms with Gasteiger partial charge in [-0.1, -0.05) is 79.9 Å². The predicted octanol–water partition coefficient (Wildman–Crippen LogP) is 7.77. The third-order valence-electron chi connectivity index (χ3n) is 7.65. The number of amides is 2. The summed E-state index contributed by atoms with van der Waals surface area (Å²) in [6.45, 7) is 7.37. The molecule has 6 aromatic rings. The summed E-state index contributed by atoms with van der Waals surface area (Å²) in [7, 11) is 0. The van der Waals surface area contributed by atoms with Crippen LogP contribution in [0.1, 0.15) is 52.6 Å². The number of nitrogens with one attached hydrogen (secondary N) is 2. The highest BCUT2D eigenvalue weighted by Crippen LogP contribution is 2.42. The summed E-state index contributed by atoms with van der Waals surface area (Å²) < 4.78 is 0. The van der Waals surface area contributed by atoms with Crippen LogP contribution in [0, 0.1) is 0 Å². The number of hydrogen-bond donors (Lipinski definition) is 4. The van der Waals surface area contributed by atoms with Crippen molar-refractivity contribution in [1.29, 1.82) is 0 Å². The summed E-state index contributed by atoms with van der Waals surface area (Å²) in [5, 5.41) is 30.2. The number of benzene rings is 6. The summed E-state index contributed by atoms with van der Waals surface area (Å²) in [5.74, 6) is -3.84. The van der Waals surface area contributed by atoms with Crippen molar-refractivity contribution in [2.24, 2.45) is 0 Å². The van der Waals surface area contributed by atoms with Crippen molar-refractivity contribution in [3.05, 3.63) is 131 Å². The molecule has 0 aliphatic heterocycles. The van der Waals surface area contributed by atoms with Crippen LogP contribution in [-0.2, 0) is 0 Å². The second-order valence-corrected chi connectivity index (χ2v) is 10.2. The molecule has 0 saturated heterocycles. The Balaban J connectivity index is 1.53. The molecule has 8 nitrogen and oxygen atoms in total. The monoisotopic (exact) mass is 580 g/mol. The largest absolute Gasteiger partial charge is 0.478 e. The molecule has 0 aliphatic carbocycles. The van der Waals surface area contributed by atoms with Crippen LogP contribution >= 0.6 is 0 Å². The average molecular weight is 581 g/mol. The van der Waals surface area contributed by atoms with Crippen LogP contribution in [0.4, 0.5) is 11.4 Å². The van der Waals surface area contributed by atoms with Crippen LogP contribution in [0.25, 0.3) is 44.5 Å². The van der Waals surface area contributed by atoms with E-state index in [0.29, 0.717) is 33.3 Å². The summed E-state index contributed by atoms with van der Waals surface area (Å²) in [4.78, 5) is 51.2. The fraction of sp³-hybridized carbons (Fsp3) is 0. The van der Waals surface area contributed by atoms with Crippen LogP contribution < -0.4 is 10.6 Å². The van der Waals surface area contributed by atoms with Gasteiger partial charge in [-0.25, -0.2) is 9.59 Å². The maximum absolute atomic E-state index is 13.6. The lowest BCUT2D eigenvalue weighted by atomic mass is 9.92. The third kappa shape index (κ3) is 4.70. The van der Waals surface area contributed by atoms with E-state index in [1.165, 1.54) is 36.4 Å². The lowest BCUT2D eigenvalue weighted by Crippen LogP contribution is -2.19. The molecule has 4 N–H and O–H groups in total. The SMILES string of the molecule is C=Cc1ccc(C(=O)Nc2cc(NC(=O)c3cc(C=C)ccc3C(=O)O)c3ccc4cccc5ccc2c3c54)c(C(=O)O)c1. The number of hydrogen-bond acceptors (Lipinski definition) is 4. The fourth-order valence-electron chi connectivity index (χ4n) is 5.54. The molecule has 214 valence electrons. The van der Waals surface area contributed by atoms with E-state index in [4.69, 9.17) is 0 Å². The van der Waals surface area contributed by atoms with Gasteiger partial charge in [0.2, 0.25) is 0 Å². The average Bonchev–Trinajstić information content (AvgIpc) is 3.03. The molecule has 0 aromatic heterocycles. The van der Waals surface area contributed by atoms with Crippen molar-refractivity contribution < 1.29 is 29.4 Å². The van der Waals surface area contributed by atoms with E-state index in [1.54, 1.807) is 18.2 Å². The van der Waals surface area contributed by atoms with E-state index in [1.807, 2.05) is 42.5 Å². The van der Waals surface area contributed by atoms with E-state index in [0.717, 1.165) is 21.5 Å². The first-order valence-corrected chi connectivity index (χ1v) is 13.5. The summed E-state index contributed by atoms with van der Waals surface area (Å²) in [6.07, 6.45) is 3.00. The van der Waals surface area contributed by atoms with Crippen molar-refractivity contribution in [2.45, 2.75) is 0 Å². The van der Waals surface area contributed by atoms with Gasteiger partial charge in [-0.2, -0.15) is 0 Å². The first-order valence-electron chi connectivity index (χ1n) is 13.5. The Morgan fingerprint density at radius 1 is 0.545 bits per heavy atom. The predicted molar refractivity (Wildman–Crippen MR) is 173 cm³/mol. The van der Waals surface area contributed by atoms with Crippen LogP contribution in [0.3, 0.4) is 0 Å². The molecule has 0 heterocycles. The molecule has 0 bridgehead atoms. The van der Waals surface area contributed by atoms with E-state index in [2.05, 4.69) is 23.8 Å². The minimum atomic E-state index is -1.27. The smallest absolute Gasteiger partial charge is 0.336 e. The molecule has 6 rings (SSSR count). The van der Waals surface area contributed by atoms with Gasteiger partial charge in [0, 0.05) is 16.2 Å². The Kier molecular flexibility index (Phi) is 6.87. The number of carbonyl (C=O) groups is 4. The normalized spacial score (nSPS) is 11.0. The topological polar surface area (TPSA) is 133 Å². The second kappa shape index (κ2) is 10.8. The van der Waals surface area contributed by atoms with Crippen LogP contribution in [0.2, 0.25) is 0 Å². The molecule has 8 heteroatoms. The summed E-state index contributed by atoms with van der Waals surface area (Å²) in [6, 6.07) is 23.8. The minimum Gasteiger partial charge on any atom is -0.478 e. The fourth-order valence-corrected chi connectivity index (χ4v) is 5.54. The Morgan fingerprint density at radius 2 is 1.05 bits per heavy atom. The maximum atomic E-state index is 13.6. The standard InChI is InChI=1S/C36H24N2O6/c1-3-19-9-13-24(35(41)42)27(16-19)34(40)38-30-18-29(37-33(39)23-12-8-20(4-2)17-28(23)36(43)44)25-14-10-21-6-5-7-22-11-15-26(30)32(25)31(21)22/h3-18H,1-2H2,(H,37,39)(H,38,40)(H,41,42)(H,43,44). The van der Waals surface area contributed by atoms with E-state index < -0.39 is 23.8 Å². The number of anilines is 2. The molecule has 44 heavy (non-hydrogen) atoms. The maximum Gasteiger partial charge on any atom is 0.336 e. The lowest BCUT2D eigenvalue weighted by molar-refractivity contribution is 0.0683. The van der Waals surface area contributed by atoms with Crippen molar-refractivity contribution in [2.75, 3.05) is 10.6 Å². The quantitative estimate of drug-likeness (QED) is 0.136. The second-order valence-electron chi connectivity index (χ2n) is 10.2. The Labute approximate surface area is 250 Å². The molecule has 0 atom stereocenters. The van der Waals surface area contributed by atoms with Gasteiger partial charge in [0.25, 0.3) is 11.8 Å². The minimum absolute atomic E-state index is 0.0493. The third-order valence-corrected chi connectivity index (χ3v) is 7.65. The zero-order valence-electron chi connectivity index (χ0n) is 23.2. The van der Waals surface area contributed by atoms with Gasteiger partial charge in [-0.05, 0) is 57.6 Å². The number of carboxylic acids is 2. The highest BCUT2D eigenvalue weighted by molar-refractivity contribution is 6.30. The molecule has 6 aromatic carbocycles. The molecule has 0 spiro atoms. The first-order chi connectivity index (χ1) is 21.2. The van der Waals surface area contributed by atoms with Crippen molar-refractivity contribution >= 4 is 79.6 Å². The number of aromatic carboxylic acids is 2. The summed E-state index contributed by atoms with van der Waals surface area (Å²) in [5.41, 5.74) is 1.31. The molecule has 0 radical (unpaired) electrons. The molecule has 0 unspecified atom stereocenters. The van der Waals surface area contributed by atoms with Gasteiger partial charge in [0.1, 0.15) is 0 Å². The van der Waals surface area contributed by atoms with E-state index in [9.17, 15) is 29.4 Å². The van der Waals surface area contributed by atoms with Gasteiger partial charge >= 0.3 is 11.9 Å². The van der Waals surface area contributed by atoms with Gasteiger partial charge in [0.15, 0.2) is 0 Å². The zero-order chi connectivity index (χ0) is 31.1. The number of carbonyl (C=O) groups excluding carboxylic acids is 2. The zero-order valence-corrected chi connectivity index (χ0v) is 23.2. The van der Waals surface area contributed by atoms with Crippen LogP contribution in [0.15, 0.2) is 98.1 Å². The lowest BCUT2D eigenvalue weighted by Gasteiger charge is -2.19. The highest BCUT2D eigenvalue weighted by Gasteiger charge is 2.22. The van der Waals surface area contributed by atoms with Crippen LogP contribution in [-0.4, -0.2) is 34.0 Å². The van der Waals surface area contributed by atoms with Crippen molar-refractivity contribution in [3.63, 3.8) is 0 Å². The van der Waals surface area contributed by atoms with Gasteiger partial charge < -0.3 is 20.8 Å². The van der Waals surface area contributed by atoms with E-state index >= 15 is 0 Å². The molecule has 2 amide bonds. The molecule has 0 fully saturated rings. The molecular weight excluding hydrogens is 556 g/mol. The Morgan fingerprint density at radius 3 is 1.57 bits per heavy atom. The highest BCUT2D eigenvalue weighted by atomic mass is 16.4. The van der Waals surface area contributed by atoms with Gasteiger partial charge in [0.05, 0.1) is 33.6 Å². The Hall–Kier alpha value is -6.28. The van der Waals surface area contributed by atoms with E-state index in [-0.39, 0.29) is 22.3 Å². The van der Waals surface area contributed by atoms with Gasteiger partial charge in [-0.3, -0.25) is 9.59 Å². The van der Waals surface area contributed by atoms with Crippen molar-refractivity contribution in [3.8, 4) is 0 Å². The molecule has 0 saturated carbocycles. The molecule has 0 aliphatic rings. The van der Waals surface area contributed by atoms with Gasteiger partial charge in [-0.15, -0.1) is 0 Å². The summed E-state index contributed by atoms with van der Waals surface area (Å²) >= 11 is 0. The molecular formula is C36H24N2O6. The van der Waals surface area contributed by atoms with Crippen LogP contribution in [0.5, 0.6) is 0 Å². The number of carboxylic acid groups (broad SMARTS) is 2.